The van der Waals surface area contributed by atoms with Crippen molar-refractivity contribution in [2.45, 2.75) is 62.8 Å². The second-order valence-corrected chi connectivity index (χ2v) is 13.5. The van der Waals surface area contributed by atoms with Gasteiger partial charge in [-0.3, -0.25) is 19.8 Å². The molecule has 240 valence electrons. The van der Waals surface area contributed by atoms with Crippen LogP contribution in [0, 0.1) is 17.2 Å². The van der Waals surface area contributed by atoms with Gasteiger partial charge in [0.2, 0.25) is 21.8 Å². The van der Waals surface area contributed by atoms with Crippen LogP contribution in [0.3, 0.4) is 0 Å². The van der Waals surface area contributed by atoms with E-state index in [1.54, 1.807) is 21.9 Å². The molecule has 2 aliphatic rings. The third-order valence-electron chi connectivity index (χ3n) is 8.25. The van der Waals surface area contributed by atoms with Gasteiger partial charge < -0.3 is 25.6 Å². The lowest BCUT2D eigenvalue weighted by Crippen LogP contribution is -2.52. The largest absolute Gasteiger partial charge is 0.465 e. The van der Waals surface area contributed by atoms with Crippen molar-refractivity contribution in [2.75, 3.05) is 39.3 Å². The van der Waals surface area contributed by atoms with Crippen molar-refractivity contribution < 1.29 is 27.5 Å². The molecule has 13 heteroatoms. The molecule has 44 heavy (non-hydrogen) atoms. The molecule has 0 spiro atoms. The standard InChI is InChI=1S/C31H44N6O6S/c1-2-7-29(39)43-21-23-9-6-14-36(20-23)28(38)17-27(30(40)34-18-22-8-5-15-37(19-22)31(32)33)35-44(41,42)26-13-12-24-10-3-4-11-25(24)16-26/h3-4,10-13,16,22-23,27,35H,2,5-9,14-15,17-21H2,1H3,(H3,32,33)(H,34,40)/t22-,23-,27-/m0/s1. The Morgan fingerprint density at radius 2 is 1.70 bits per heavy atom. The van der Waals surface area contributed by atoms with Crippen LogP contribution in [0.1, 0.15) is 51.9 Å². The van der Waals surface area contributed by atoms with Gasteiger partial charge in [-0.2, -0.15) is 4.72 Å². The zero-order chi connectivity index (χ0) is 31.7. The molecule has 5 N–H and O–H groups in total. The highest BCUT2D eigenvalue weighted by molar-refractivity contribution is 7.89. The molecule has 2 aromatic rings. The molecular formula is C31H44N6O6S. The predicted molar refractivity (Wildman–Crippen MR) is 167 cm³/mol. The molecule has 2 aliphatic heterocycles. The average molecular weight is 629 g/mol. The van der Waals surface area contributed by atoms with Gasteiger partial charge in [0.25, 0.3) is 0 Å². The van der Waals surface area contributed by atoms with Crippen LogP contribution < -0.4 is 15.8 Å². The van der Waals surface area contributed by atoms with Gasteiger partial charge >= 0.3 is 5.97 Å². The second kappa shape index (κ2) is 15.3. The number of hydrogen-bond donors (Lipinski definition) is 4. The number of carbonyl (C=O) groups excluding carboxylic acids is 3. The predicted octanol–water partition coefficient (Wildman–Crippen LogP) is 2.18. The van der Waals surface area contributed by atoms with Crippen LogP contribution in [-0.2, 0) is 29.1 Å². The number of nitrogens with zero attached hydrogens (tertiary/aromatic N) is 2. The molecule has 2 saturated heterocycles. The maximum atomic E-state index is 13.5. The monoisotopic (exact) mass is 628 g/mol. The van der Waals surface area contributed by atoms with Crippen LogP contribution in [0.25, 0.3) is 10.8 Å². The lowest BCUT2D eigenvalue weighted by Gasteiger charge is -2.34. The van der Waals surface area contributed by atoms with E-state index >= 15 is 0 Å². The van der Waals surface area contributed by atoms with Crippen molar-refractivity contribution in [3.05, 3.63) is 42.5 Å². The van der Waals surface area contributed by atoms with Crippen LogP contribution >= 0.6 is 0 Å². The van der Waals surface area contributed by atoms with Gasteiger partial charge in [0, 0.05) is 45.1 Å². The van der Waals surface area contributed by atoms with E-state index in [2.05, 4.69) is 10.0 Å². The first-order valence-corrected chi connectivity index (χ1v) is 16.8. The van der Waals surface area contributed by atoms with Crippen molar-refractivity contribution in [1.29, 1.82) is 5.41 Å². The van der Waals surface area contributed by atoms with Crippen LogP contribution in [0.15, 0.2) is 47.4 Å². The van der Waals surface area contributed by atoms with Gasteiger partial charge in [-0.25, -0.2) is 8.42 Å². The van der Waals surface area contributed by atoms with Crippen LogP contribution in [0.2, 0.25) is 0 Å². The highest BCUT2D eigenvalue weighted by atomic mass is 32.2. The lowest BCUT2D eigenvalue weighted by molar-refractivity contribution is -0.146. The Balaban J connectivity index is 1.46. The summed E-state index contributed by atoms with van der Waals surface area (Å²) < 4.78 is 34.9. The first-order chi connectivity index (χ1) is 21.1. The van der Waals surface area contributed by atoms with Crippen LogP contribution in [0.4, 0.5) is 0 Å². The van der Waals surface area contributed by atoms with E-state index < -0.39 is 22.0 Å². The molecule has 0 saturated carbocycles. The molecule has 3 atom stereocenters. The third kappa shape index (κ3) is 9.15. The maximum Gasteiger partial charge on any atom is 0.305 e. The number of hydrogen-bond acceptors (Lipinski definition) is 7. The van der Waals surface area contributed by atoms with Crippen molar-refractivity contribution in [1.82, 2.24) is 19.8 Å². The fourth-order valence-corrected chi connectivity index (χ4v) is 7.05. The number of sulfonamides is 1. The molecule has 0 aliphatic carbocycles. The molecule has 2 fully saturated rings. The minimum Gasteiger partial charge on any atom is -0.465 e. The molecule has 0 radical (unpaired) electrons. The second-order valence-electron chi connectivity index (χ2n) is 11.8. The number of likely N-dealkylation sites (tertiary alicyclic amines) is 2. The zero-order valence-corrected chi connectivity index (χ0v) is 26.1. The summed E-state index contributed by atoms with van der Waals surface area (Å²) in [5.41, 5.74) is 5.65. The third-order valence-corrected chi connectivity index (χ3v) is 9.72. The molecular weight excluding hydrogens is 584 g/mol. The summed E-state index contributed by atoms with van der Waals surface area (Å²) in [6.45, 7) is 4.43. The highest BCUT2D eigenvalue weighted by Crippen LogP contribution is 2.22. The van der Waals surface area contributed by atoms with E-state index in [1.165, 1.54) is 6.07 Å². The number of esters is 1. The van der Waals surface area contributed by atoms with Crippen molar-refractivity contribution in [3.63, 3.8) is 0 Å². The van der Waals surface area contributed by atoms with Gasteiger partial charge in [0.15, 0.2) is 5.96 Å². The Morgan fingerprint density at radius 1 is 1.02 bits per heavy atom. The van der Waals surface area contributed by atoms with Gasteiger partial charge in [0.1, 0.15) is 6.04 Å². The van der Waals surface area contributed by atoms with Gasteiger partial charge in [-0.05, 0) is 60.9 Å². The minimum absolute atomic E-state index is 0.00207. The fourth-order valence-electron chi connectivity index (χ4n) is 5.81. The fraction of sp³-hybridized carbons (Fsp3) is 0.548. The van der Waals surface area contributed by atoms with E-state index in [0.29, 0.717) is 39.0 Å². The summed E-state index contributed by atoms with van der Waals surface area (Å²) in [4.78, 5) is 42.2. The number of ether oxygens (including phenoxy) is 1. The van der Waals surface area contributed by atoms with Gasteiger partial charge in [-0.1, -0.05) is 37.3 Å². The summed E-state index contributed by atoms with van der Waals surface area (Å²) in [5, 5.41) is 12.2. The molecule has 2 heterocycles. The normalized spacial score (nSPS) is 19.8. The molecule has 0 unspecified atom stereocenters. The van der Waals surface area contributed by atoms with Gasteiger partial charge in [0.05, 0.1) is 17.9 Å². The number of rotatable bonds is 12. The van der Waals surface area contributed by atoms with E-state index in [1.807, 2.05) is 31.2 Å². The number of fused-ring (bicyclic) bond motifs is 1. The molecule has 2 aromatic carbocycles. The number of carbonyl (C=O) groups is 3. The Morgan fingerprint density at radius 3 is 2.43 bits per heavy atom. The van der Waals surface area contributed by atoms with E-state index in [0.717, 1.165) is 36.5 Å². The summed E-state index contributed by atoms with van der Waals surface area (Å²) in [6, 6.07) is 10.8. The average Bonchev–Trinajstić information content (AvgIpc) is 3.02. The summed E-state index contributed by atoms with van der Waals surface area (Å²) >= 11 is 0. The molecule has 2 amide bonds. The SMILES string of the molecule is CCCC(=O)OC[C@H]1CCCN(C(=O)C[C@H](NS(=O)(=O)c2ccc3ccccc3c2)C(=O)NC[C@@H]2CCCN(C(=N)N)C2)C1. The van der Waals surface area contributed by atoms with E-state index in [9.17, 15) is 22.8 Å². The van der Waals surface area contributed by atoms with Crippen molar-refractivity contribution in [3.8, 4) is 0 Å². The molecule has 0 bridgehead atoms. The van der Waals surface area contributed by atoms with E-state index in [-0.39, 0.29) is 54.1 Å². The number of benzene rings is 2. The topological polar surface area (TPSA) is 175 Å². The summed E-state index contributed by atoms with van der Waals surface area (Å²) in [7, 11) is -4.16. The first kappa shape index (κ1) is 33.2. The Labute approximate surface area is 259 Å². The Hall–Kier alpha value is -3.71. The molecule has 0 aromatic heterocycles. The number of amides is 2. The number of piperidine rings is 2. The zero-order valence-electron chi connectivity index (χ0n) is 25.3. The van der Waals surface area contributed by atoms with E-state index in [4.69, 9.17) is 15.9 Å². The van der Waals surface area contributed by atoms with Crippen LogP contribution in [-0.4, -0.2) is 87.3 Å². The molecule has 4 rings (SSSR count). The Kier molecular flexibility index (Phi) is 11.6. The minimum atomic E-state index is -4.16. The van der Waals surface area contributed by atoms with Crippen molar-refractivity contribution in [2.24, 2.45) is 17.6 Å². The summed E-state index contributed by atoms with van der Waals surface area (Å²) in [5.74, 6) is -1.22. The maximum absolute atomic E-state index is 13.5. The Bertz CT molecular complexity index is 1450. The lowest BCUT2D eigenvalue weighted by atomic mass is 9.97. The van der Waals surface area contributed by atoms with Gasteiger partial charge in [-0.15, -0.1) is 0 Å². The highest BCUT2D eigenvalue weighted by Gasteiger charge is 2.32. The number of nitrogens with one attached hydrogen (secondary N) is 3. The van der Waals surface area contributed by atoms with Crippen LogP contribution in [0.5, 0.6) is 0 Å². The first-order valence-electron chi connectivity index (χ1n) is 15.4. The quantitative estimate of drug-likeness (QED) is 0.157. The number of nitrogens with two attached hydrogens (primary N) is 1. The smallest absolute Gasteiger partial charge is 0.305 e. The summed E-state index contributed by atoms with van der Waals surface area (Å²) in [6.07, 6.45) is 3.86. The van der Waals surface area contributed by atoms with Crippen molar-refractivity contribution >= 4 is 44.5 Å². The number of guanidine groups is 1. The molecule has 12 nitrogen and oxygen atoms in total.